The highest BCUT2D eigenvalue weighted by molar-refractivity contribution is 7.17. The summed E-state index contributed by atoms with van der Waals surface area (Å²) in [6.45, 7) is 9.52. The van der Waals surface area contributed by atoms with E-state index in [0.717, 1.165) is 39.1 Å². The number of nitrogens with zero attached hydrogens (tertiary/aromatic N) is 2. The predicted molar refractivity (Wildman–Crippen MR) is 141 cm³/mol. The molecule has 0 aliphatic rings. The molecule has 7 nitrogen and oxygen atoms in total. The fraction of sp³-hybridized carbons (Fsp3) is 0.259. The predicted octanol–water partition coefficient (Wildman–Crippen LogP) is 4.42. The molecule has 4 rings (SSSR count). The number of carbonyl (C=O) groups excluding carboxylic acids is 2. The number of hydrogen-bond donors (Lipinski definition) is 2. The van der Waals surface area contributed by atoms with Gasteiger partial charge in [-0.1, -0.05) is 35.9 Å². The zero-order chi connectivity index (χ0) is 25.3. The maximum Gasteiger partial charge on any atom is 0.263 e. The molecule has 0 radical (unpaired) electrons. The van der Waals surface area contributed by atoms with Gasteiger partial charge in [-0.15, -0.1) is 11.3 Å². The molecule has 0 bridgehead atoms. The highest BCUT2D eigenvalue weighted by atomic mass is 32.1. The quantitative estimate of drug-likeness (QED) is 0.420. The molecule has 2 aromatic heterocycles. The first-order valence-corrected chi connectivity index (χ1v) is 12.2. The summed E-state index contributed by atoms with van der Waals surface area (Å²) in [6.07, 6.45) is 1.38. The topological polar surface area (TPSA) is 93.1 Å². The van der Waals surface area contributed by atoms with Gasteiger partial charge in [-0.2, -0.15) is 0 Å². The van der Waals surface area contributed by atoms with Crippen molar-refractivity contribution in [1.82, 2.24) is 14.9 Å². The minimum atomic E-state index is -0.441. The van der Waals surface area contributed by atoms with Crippen molar-refractivity contribution in [2.45, 2.75) is 41.2 Å². The summed E-state index contributed by atoms with van der Waals surface area (Å²) in [4.78, 5) is 43.2. The number of aromatic nitrogens is 2. The third-order valence-corrected chi connectivity index (χ3v) is 6.97. The number of amides is 2. The number of benzene rings is 2. The second kappa shape index (κ2) is 9.84. The minimum Gasteiger partial charge on any atom is -0.345 e. The summed E-state index contributed by atoms with van der Waals surface area (Å²) >= 11 is 1.40. The molecule has 0 unspecified atom stereocenters. The van der Waals surface area contributed by atoms with Crippen LogP contribution in [0.3, 0.4) is 0 Å². The van der Waals surface area contributed by atoms with Gasteiger partial charge in [0.05, 0.1) is 18.3 Å². The maximum atomic E-state index is 13.2. The standard InChI is InChI=1S/C27H28N4O3S/c1-15-8-18(4)25(19(5)9-15)30-22(32)11-28-23(33)12-31-14-29-26-24(27(31)34)21(13-35-26)20-7-6-16(2)17(3)10-20/h6-10,13-14H,11-12H2,1-5H3,(H,28,33)(H,30,32). The zero-order valence-corrected chi connectivity index (χ0v) is 21.3. The van der Waals surface area contributed by atoms with Gasteiger partial charge >= 0.3 is 0 Å². The van der Waals surface area contributed by atoms with Crippen LogP contribution in [0.25, 0.3) is 21.3 Å². The smallest absolute Gasteiger partial charge is 0.263 e. The third kappa shape index (κ3) is 5.17. The van der Waals surface area contributed by atoms with E-state index in [0.29, 0.717) is 10.2 Å². The number of fused-ring (bicyclic) bond motifs is 1. The first-order valence-electron chi connectivity index (χ1n) is 11.3. The molecule has 0 atom stereocenters. The van der Waals surface area contributed by atoms with E-state index >= 15 is 0 Å². The molecular weight excluding hydrogens is 460 g/mol. The molecule has 0 fully saturated rings. The van der Waals surface area contributed by atoms with Gasteiger partial charge in [0.15, 0.2) is 0 Å². The van der Waals surface area contributed by atoms with Crippen molar-refractivity contribution in [3.63, 3.8) is 0 Å². The summed E-state index contributed by atoms with van der Waals surface area (Å²) in [5, 5.41) is 7.87. The number of hydrogen-bond acceptors (Lipinski definition) is 5. The number of rotatable bonds is 6. The highest BCUT2D eigenvalue weighted by Crippen LogP contribution is 2.31. The molecule has 0 aliphatic carbocycles. The Kier molecular flexibility index (Phi) is 6.84. The van der Waals surface area contributed by atoms with E-state index in [1.165, 1.54) is 27.8 Å². The van der Waals surface area contributed by atoms with Crippen molar-refractivity contribution < 1.29 is 9.59 Å². The third-order valence-electron chi connectivity index (χ3n) is 6.08. The van der Waals surface area contributed by atoms with Crippen LogP contribution < -0.4 is 16.2 Å². The monoisotopic (exact) mass is 488 g/mol. The second-order valence-corrected chi connectivity index (χ2v) is 9.76. The molecule has 180 valence electrons. The number of thiophene rings is 1. The van der Waals surface area contributed by atoms with Crippen molar-refractivity contribution >= 4 is 39.1 Å². The number of aryl methyl sites for hydroxylation is 5. The van der Waals surface area contributed by atoms with Crippen LogP contribution in [-0.2, 0) is 16.1 Å². The first-order chi connectivity index (χ1) is 16.6. The van der Waals surface area contributed by atoms with Crippen LogP contribution in [0.15, 0.2) is 46.8 Å². The van der Waals surface area contributed by atoms with Crippen LogP contribution in [-0.4, -0.2) is 27.9 Å². The summed E-state index contributed by atoms with van der Waals surface area (Å²) in [6, 6.07) is 10.1. The maximum absolute atomic E-state index is 13.2. The van der Waals surface area contributed by atoms with E-state index in [9.17, 15) is 14.4 Å². The summed E-state index contributed by atoms with van der Waals surface area (Å²) < 4.78 is 1.28. The molecule has 0 saturated carbocycles. The lowest BCUT2D eigenvalue weighted by molar-refractivity contribution is -0.124. The van der Waals surface area contributed by atoms with E-state index in [4.69, 9.17) is 0 Å². The van der Waals surface area contributed by atoms with E-state index in [-0.39, 0.29) is 24.6 Å². The Balaban J connectivity index is 1.47. The van der Waals surface area contributed by atoms with E-state index in [1.807, 2.05) is 64.3 Å². The lowest BCUT2D eigenvalue weighted by atomic mass is 10.0. The normalized spacial score (nSPS) is 11.0. The molecule has 2 N–H and O–H groups in total. The van der Waals surface area contributed by atoms with Gasteiger partial charge in [0, 0.05) is 16.6 Å². The summed E-state index contributed by atoms with van der Waals surface area (Å²) in [5.41, 5.74) is 7.58. The Morgan fingerprint density at radius 2 is 1.66 bits per heavy atom. The molecule has 4 aromatic rings. The van der Waals surface area contributed by atoms with E-state index in [2.05, 4.69) is 21.7 Å². The molecular formula is C27H28N4O3S. The van der Waals surface area contributed by atoms with Gasteiger partial charge in [0.25, 0.3) is 5.56 Å². The van der Waals surface area contributed by atoms with Crippen molar-refractivity contribution in [3.8, 4) is 11.1 Å². The van der Waals surface area contributed by atoms with Crippen LogP contribution >= 0.6 is 11.3 Å². The zero-order valence-electron chi connectivity index (χ0n) is 20.5. The molecule has 0 spiro atoms. The molecule has 2 amide bonds. The average molecular weight is 489 g/mol. The molecule has 2 heterocycles. The largest absolute Gasteiger partial charge is 0.345 e. The van der Waals surface area contributed by atoms with E-state index in [1.54, 1.807) is 0 Å². The average Bonchev–Trinajstić information content (AvgIpc) is 3.23. The fourth-order valence-electron chi connectivity index (χ4n) is 4.15. The van der Waals surface area contributed by atoms with Crippen molar-refractivity contribution in [2.24, 2.45) is 0 Å². The van der Waals surface area contributed by atoms with Crippen LogP contribution in [0, 0.1) is 34.6 Å². The Hall–Kier alpha value is -3.78. The Morgan fingerprint density at radius 1 is 0.943 bits per heavy atom. The van der Waals surface area contributed by atoms with E-state index < -0.39 is 5.91 Å². The minimum absolute atomic E-state index is 0.192. The molecule has 8 heteroatoms. The number of carbonyl (C=O) groups is 2. The van der Waals surface area contributed by atoms with Crippen molar-refractivity contribution in [1.29, 1.82) is 0 Å². The van der Waals surface area contributed by atoms with Gasteiger partial charge in [-0.3, -0.25) is 19.0 Å². The first kappa shape index (κ1) is 24.3. The van der Waals surface area contributed by atoms with Crippen molar-refractivity contribution in [2.75, 3.05) is 11.9 Å². The Labute approximate surface area is 207 Å². The summed E-state index contributed by atoms with van der Waals surface area (Å²) in [5.74, 6) is -0.770. The van der Waals surface area contributed by atoms with Gasteiger partial charge in [-0.05, 0) is 62.4 Å². The molecule has 0 aliphatic heterocycles. The van der Waals surface area contributed by atoms with Gasteiger partial charge in [0.2, 0.25) is 11.8 Å². The second-order valence-electron chi connectivity index (χ2n) is 8.90. The number of anilines is 1. The van der Waals surface area contributed by atoms with Gasteiger partial charge in [-0.25, -0.2) is 4.98 Å². The Bertz CT molecular complexity index is 1490. The highest BCUT2D eigenvalue weighted by Gasteiger charge is 2.16. The lowest BCUT2D eigenvalue weighted by Crippen LogP contribution is -2.37. The lowest BCUT2D eigenvalue weighted by Gasteiger charge is -2.13. The van der Waals surface area contributed by atoms with Crippen LogP contribution in [0.5, 0.6) is 0 Å². The molecule has 2 aromatic carbocycles. The summed E-state index contributed by atoms with van der Waals surface area (Å²) in [7, 11) is 0. The van der Waals surface area contributed by atoms with Crippen LogP contribution in [0.1, 0.15) is 27.8 Å². The molecule has 35 heavy (non-hydrogen) atoms. The van der Waals surface area contributed by atoms with Crippen LogP contribution in [0.2, 0.25) is 0 Å². The molecule has 0 saturated heterocycles. The van der Waals surface area contributed by atoms with Crippen molar-refractivity contribution in [3.05, 3.63) is 80.2 Å². The van der Waals surface area contributed by atoms with Gasteiger partial charge in [0.1, 0.15) is 11.4 Å². The van der Waals surface area contributed by atoms with Crippen LogP contribution in [0.4, 0.5) is 5.69 Å². The number of nitrogens with one attached hydrogen (secondary N) is 2. The SMILES string of the molecule is Cc1cc(C)c(NC(=O)CNC(=O)Cn2cnc3scc(-c4ccc(C)c(C)c4)c3c2=O)c(C)c1. The fourth-order valence-corrected chi connectivity index (χ4v) is 5.06. The van der Waals surface area contributed by atoms with Gasteiger partial charge < -0.3 is 10.6 Å². The Morgan fingerprint density at radius 3 is 2.34 bits per heavy atom.